The third-order valence-corrected chi connectivity index (χ3v) is 4.52. The van der Waals surface area contributed by atoms with Crippen LogP contribution in [0, 0.1) is 0 Å². The summed E-state index contributed by atoms with van der Waals surface area (Å²) in [7, 11) is 2.15. The molecule has 0 spiro atoms. The summed E-state index contributed by atoms with van der Waals surface area (Å²) < 4.78 is 0. The Morgan fingerprint density at radius 2 is 1.95 bits per heavy atom. The second-order valence-corrected chi connectivity index (χ2v) is 6.60. The van der Waals surface area contributed by atoms with Crippen molar-refractivity contribution in [3.05, 3.63) is 33.8 Å². The van der Waals surface area contributed by atoms with Crippen LogP contribution in [0.1, 0.15) is 12.0 Å². The van der Waals surface area contributed by atoms with Gasteiger partial charge in [0.05, 0.1) is 6.42 Å². The Labute approximate surface area is 142 Å². The lowest BCUT2D eigenvalue weighted by atomic mass is 10.1. The Bertz CT molecular complexity index is 502. The van der Waals surface area contributed by atoms with Crippen LogP contribution in [0.15, 0.2) is 18.2 Å². The van der Waals surface area contributed by atoms with Crippen LogP contribution in [-0.2, 0) is 11.2 Å². The second-order valence-electron chi connectivity index (χ2n) is 5.76. The Morgan fingerprint density at radius 1 is 1.23 bits per heavy atom. The number of rotatable bonds is 6. The molecule has 0 bridgehead atoms. The van der Waals surface area contributed by atoms with Crippen molar-refractivity contribution >= 4 is 29.1 Å². The quantitative estimate of drug-likeness (QED) is 0.805. The van der Waals surface area contributed by atoms with Crippen molar-refractivity contribution in [1.29, 1.82) is 0 Å². The fraction of sp³-hybridized carbons (Fsp3) is 0.562. The number of nitrogens with one attached hydrogen (secondary N) is 1. The van der Waals surface area contributed by atoms with E-state index in [1.807, 2.05) is 0 Å². The molecule has 1 aliphatic heterocycles. The third-order valence-electron chi connectivity index (χ3n) is 3.94. The molecule has 1 fully saturated rings. The number of piperazine rings is 1. The summed E-state index contributed by atoms with van der Waals surface area (Å²) in [5.41, 5.74) is 0.808. The van der Waals surface area contributed by atoms with Crippen LogP contribution in [0.3, 0.4) is 0 Å². The molecule has 1 aromatic carbocycles. The maximum Gasteiger partial charge on any atom is 0.224 e. The minimum absolute atomic E-state index is 0.00241. The van der Waals surface area contributed by atoms with Crippen molar-refractivity contribution < 1.29 is 4.79 Å². The van der Waals surface area contributed by atoms with Crippen LogP contribution >= 0.6 is 23.2 Å². The van der Waals surface area contributed by atoms with E-state index in [-0.39, 0.29) is 5.91 Å². The summed E-state index contributed by atoms with van der Waals surface area (Å²) in [6.07, 6.45) is 1.27. The normalized spacial score (nSPS) is 16.7. The lowest BCUT2D eigenvalue weighted by Crippen LogP contribution is -2.45. The Balaban J connectivity index is 1.63. The zero-order chi connectivity index (χ0) is 15.9. The highest BCUT2D eigenvalue weighted by molar-refractivity contribution is 6.35. The number of hydrogen-bond acceptors (Lipinski definition) is 3. The second kappa shape index (κ2) is 8.73. The van der Waals surface area contributed by atoms with Crippen LogP contribution in [0.4, 0.5) is 0 Å². The highest BCUT2D eigenvalue weighted by Gasteiger charge is 2.13. The zero-order valence-electron chi connectivity index (χ0n) is 12.9. The molecule has 1 N–H and O–H groups in total. The molecule has 22 heavy (non-hydrogen) atoms. The number of hydrogen-bond donors (Lipinski definition) is 1. The summed E-state index contributed by atoms with van der Waals surface area (Å²) in [5.74, 6) is 0.00241. The van der Waals surface area contributed by atoms with E-state index >= 15 is 0 Å². The molecule has 0 aliphatic carbocycles. The van der Waals surface area contributed by atoms with Crippen molar-refractivity contribution in [2.45, 2.75) is 12.8 Å². The first kappa shape index (κ1) is 17.5. The summed E-state index contributed by atoms with van der Waals surface area (Å²) in [4.78, 5) is 16.7. The highest BCUT2D eigenvalue weighted by Crippen LogP contribution is 2.21. The fourth-order valence-electron chi connectivity index (χ4n) is 2.50. The minimum atomic E-state index is 0.00241. The van der Waals surface area contributed by atoms with E-state index in [1.54, 1.807) is 18.2 Å². The number of amides is 1. The Kier molecular flexibility index (Phi) is 6.96. The monoisotopic (exact) mass is 343 g/mol. The van der Waals surface area contributed by atoms with Crippen molar-refractivity contribution in [1.82, 2.24) is 15.1 Å². The van der Waals surface area contributed by atoms with Gasteiger partial charge < -0.3 is 15.1 Å². The average Bonchev–Trinajstić information content (AvgIpc) is 2.48. The molecule has 0 atom stereocenters. The molecule has 1 aromatic rings. The minimum Gasteiger partial charge on any atom is -0.356 e. The molecular formula is C16H23Cl2N3O. The van der Waals surface area contributed by atoms with E-state index in [2.05, 4.69) is 22.2 Å². The third kappa shape index (κ3) is 5.76. The molecule has 1 aliphatic rings. The van der Waals surface area contributed by atoms with Crippen LogP contribution in [0.25, 0.3) is 0 Å². The predicted octanol–water partition coefficient (Wildman–Crippen LogP) is 2.29. The largest absolute Gasteiger partial charge is 0.356 e. The molecule has 1 heterocycles. The predicted molar refractivity (Wildman–Crippen MR) is 91.7 cm³/mol. The van der Waals surface area contributed by atoms with Gasteiger partial charge in [-0.1, -0.05) is 29.3 Å². The van der Waals surface area contributed by atoms with Crippen LogP contribution in [0.5, 0.6) is 0 Å². The van der Waals surface area contributed by atoms with Gasteiger partial charge in [0.2, 0.25) is 5.91 Å². The molecule has 122 valence electrons. The lowest BCUT2D eigenvalue weighted by molar-refractivity contribution is -0.120. The summed E-state index contributed by atoms with van der Waals surface area (Å²) in [6.45, 7) is 6.23. The van der Waals surface area contributed by atoms with Gasteiger partial charge in [0.15, 0.2) is 0 Å². The van der Waals surface area contributed by atoms with E-state index < -0.39 is 0 Å². The highest BCUT2D eigenvalue weighted by atomic mass is 35.5. The molecule has 0 aromatic heterocycles. The molecule has 0 unspecified atom stereocenters. The van der Waals surface area contributed by atoms with Crippen molar-refractivity contribution in [2.24, 2.45) is 0 Å². The summed E-state index contributed by atoms with van der Waals surface area (Å²) in [5, 5.41) is 4.08. The molecule has 6 heteroatoms. The molecule has 4 nitrogen and oxygen atoms in total. The number of benzene rings is 1. The standard InChI is InChI=1S/C16H23Cl2N3O/c1-20-7-9-21(10-8-20)6-2-5-19-16(22)11-13-3-4-14(17)12-15(13)18/h3-4,12H,2,5-11H2,1H3,(H,19,22). The van der Waals surface area contributed by atoms with Gasteiger partial charge in [-0.25, -0.2) is 0 Å². The van der Waals surface area contributed by atoms with Crippen LogP contribution in [-0.4, -0.2) is 62.0 Å². The van der Waals surface area contributed by atoms with Gasteiger partial charge in [0, 0.05) is 42.8 Å². The summed E-state index contributed by atoms with van der Waals surface area (Å²) >= 11 is 11.9. The van der Waals surface area contributed by atoms with Crippen LogP contribution < -0.4 is 5.32 Å². The van der Waals surface area contributed by atoms with Gasteiger partial charge in [0.1, 0.15) is 0 Å². The maximum atomic E-state index is 11.9. The van der Waals surface area contributed by atoms with Gasteiger partial charge in [-0.15, -0.1) is 0 Å². The van der Waals surface area contributed by atoms with Crippen molar-refractivity contribution in [2.75, 3.05) is 46.3 Å². The molecule has 2 rings (SSSR count). The molecule has 0 saturated carbocycles. The van der Waals surface area contributed by atoms with E-state index in [9.17, 15) is 4.79 Å². The Morgan fingerprint density at radius 3 is 2.64 bits per heavy atom. The van der Waals surface area contributed by atoms with Gasteiger partial charge in [-0.05, 0) is 37.7 Å². The number of carbonyl (C=O) groups is 1. The molecular weight excluding hydrogens is 321 g/mol. The van der Waals surface area contributed by atoms with E-state index in [4.69, 9.17) is 23.2 Å². The average molecular weight is 344 g/mol. The van der Waals surface area contributed by atoms with E-state index in [0.29, 0.717) is 23.0 Å². The van der Waals surface area contributed by atoms with Crippen molar-refractivity contribution in [3.8, 4) is 0 Å². The maximum absolute atomic E-state index is 11.9. The number of carbonyl (C=O) groups excluding carboxylic acids is 1. The first-order valence-electron chi connectivity index (χ1n) is 7.66. The summed E-state index contributed by atoms with van der Waals surface area (Å²) in [6, 6.07) is 5.22. The first-order valence-corrected chi connectivity index (χ1v) is 8.42. The SMILES string of the molecule is CN1CCN(CCCNC(=O)Cc2ccc(Cl)cc2Cl)CC1. The smallest absolute Gasteiger partial charge is 0.224 e. The van der Waals surface area contributed by atoms with Crippen molar-refractivity contribution in [3.63, 3.8) is 0 Å². The van der Waals surface area contributed by atoms with E-state index in [1.165, 1.54) is 0 Å². The molecule has 1 saturated heterocycles. The van der Waals surface area contributed by atoms with Gasteiger partial charge in [0.25, 0.3) is 0 Å². The fourth-order valence-corrected chi connectivity index (χ4v) is 2.98. The first-order chi connectivity index (χ1) is 10.5. The molecule has 1 amide bonds. The molecule has 0 radical (unpaired) electrons. The Hall–Kier alpha value is -0.810. The lowest BCUT2D eigenvalue weighted by Gasteiger charge is -2.32. The zero-order valence-corrected chi connectivity index (χ0v) is 14.5. The van der Waals surface area contributed by atoms with Crippen LogP contribution in [0.2, 0.25) is 10.0 Å². The number of likely N-dealkylation sites (N-methyl/N-ethyl adjacent to an activating group) is 1. The van der Waals surface area contributed by atoms with Gasteiger partial charge in [-0.2, -0.15) is 0 Å². The van der Waals surface area contributed by atoms with E-state index in [0.717, 1.165) is 44.7 Å². The van der Waals surface area contributed by atoms with Gasteiger partial charge >= 0.3 is 0 Å². The van der Waals surface area contributed by atoms with Gasteiger partial charge in [-0.3, -0.25) is 4.79 Å². The number of halogens is 2. The topological polar surface area (TPSA) is 35.6 Å². The number of nitrogens with zero attached hydrogens (tertiary/aromatic N) is 2.